The molecule has 0 aliphatic heterocycles. The molecule has 0 aliphatic rings. The number of phenolic OH excluding ortho intramolecular Hbond substituents is 1. The second kappa shape index (κ2) is 4.45. The SMILES string of the molecule is COc1cc(C=O)c(CC(=O)O)cc1O. The standard InChI is InChI=1S/C10H10O5/c1-15-9-3-7(5-11)6(2-8(9)12)4-10(13)14/h2-3,5,12H,4H2,1H3,(H,13,14). The Morgan fingerprint density at radius 3 is 2.67 bits per heavy atom. The molecule has 5 nitrogen and oxygen atoms in total. The summed E-state index contributed by atoms with van der Waals surface area (Å²) in [6.45, 7) is 0. The predicted octanol–water partition coefficient (Wildman–Crippen LogP) is 0.840. The molecule has 1 rings (SSSR count). The summed E-state index contributed by atoms with van der Waals surface area (Å²) in [4.78, 5) is 21.1. The van der Waals surface area contributed by atoms with Gasteiger partial charge < -0.3 is 14.9 Å². The van der Waals surface area contributed by atoms with Crippen molar-refractivity contribution in [1.82, 2.24) is 0 Å². The highest BCUT2D eigenvalue weighted by Gasteiger charge is 2.11. The maximum atomic E-state index is 10.7. The summed E-state index contributed by atoms with van der Waals surface area (Å²) in [6, 6.07) is 2.53. The van der Waals surface area contributed by atoms with Crippen LogP contribution in [0.25, 0.3) is 0 Å². The van der Waals surface area contributed by atoms with Crippen molar-refractivity contribution in [3.8, 4) is 11.5 Å². The number of benzene rings is 1. The molecule has 0 atom stereocenters. The molecule has 0 saturated carbocycles. The van der Waals surface area contributed by atoms with E-state index in [0.29, 0.717) is 6.29 Å². The zero-order valence-electron chi connectivity index (χ0n) is 8.06. The number of aromatic hydroxyl groups is 1. The smallest absolute Gasteiger partial charge is 0.307 e. The summed E-state index contributed by atoms with van der Waals surface area (Å²) in [7, 11) is 1.35. The number of ether oxygens (including phenoxy) is 1. The Labute approximate surface area is 85.9 Å². The first kappa shape index (κ1) is 11.0. The maximum Gasteiger partial charge on any atom is 0.307 e. The number of carboxylic acid groups (broad SMARTS) is 1. The predicted molar refractivity (Wildman–Crippen MR) is 51.4 cm³/mol. The number of phenols is 1. The van der Waals surface area contributed by atoms with E-state index in [9.17, 15) is 14.7 Å². The van der Waals surface area contributed by atoms with E-state index >= 15 is 0 Å². The fourth-order valence-corrected chi connectivity index (χ4v) is 1.22. The van der Waals surface area contributed by atoms with Crippen LogP contribution >= 0.6 is 0 Å². The fourth-order valence-electron chi connectivity index (χ4n) is 1.22. The van der Waals surface area contributed by atoms with Gasteiger partial charge in [-0.3, -0.25) is 9.59 Å². The van der Waals surface area contributed by atoms with Crippen LogP contribution in [0, 0.1) is 0 Å². The van der Waals surface area contributed by atoms with Crippen LogP contribution in [-0.4, -0.2) is 29.6 Å². The third-order valence-electron chi connectivity index (χ3n) is 1.91. The maximum absolute atomic E-state index is 10.7. The lowest BCUT2D eigenvalue weighted by Gasteiger charge is -2.07. The summed E-state index contributed by atoms with van der Waals surface area (Å²) >= 11 is 0. The van der Waals surface area contributed by atoms with Crippen LogP contribution in [0.1, 0.15) is 15.9 Å². The molecule has 0 aromatic heterocycles. The zero-order chi connectivity index (χ0) is 11.4. The molecule has 2 N–H and O–H groups in total. The van der Waals surface area contributed by atoms with Gasteiger partial charge in [-0.15, -0.1) is 0 Å². The van der Waals surface area contributed by atoms with Crippen LogP contribution in [-0.2, 0) is 11.2 Å². The van der Waals surface area contributed by atoms with E-state index in [1.54, 1.807) is 0 Å². The van der Waals surface area contributed by atoms with Crippen LogP contribution < -0.4 is 4.74 Å². The van der Waals surface area contributed by atoms with Crippen molar-refractivity contribution in [1.29, 1.82) is 0 Å². The fraction of sp³-hybridized carbons (Fsp3) is 0.200. The van der Waals surface area contributed by atoms with Gasteiger partial charge in [-0.2, -0.15) is 0 Å². The monoisotopic (exact) mass is 210 g/mol. The van der Waals surface area contributed by atoms with Crippen molar-refractivity contribution >= 4 is 12.3 Å². The Balaban J connectivity index is 3.20. The minimum Gasteiger partial charge on any atom is -0.504 e. The lowest BCUT2D eigenvalue weighted by atomic mass is 10.0. The van der Waals surface area contributed by atoms with Crippen molar-refractivity contribution < 1.29 is 24.5 Å². The van der Waals surface area contributed by atoms with Gasteiger partial charge in [0.15, 0.2) is 11.5 Å². The van der Waals surface area contributed by atoms with Gasteiger partial charge in [0.25, 0.3) is 0 Å². The van der Waals surface area contributed by atoms with Crippen molar-refractivity contribution in [2.45, 2.75) is 6.42 Å². The van der Waals surface area contributed by atoms with Crippen molar-refractivity contribution in [2.75, 3.05) is 7.11 Å². The normalized spacial score (nSPS) is 9.67. The molecule has 1 aromatic carbocycles. The molecule has 0 spiro atoms. The van der Waals surface area contributed by atoms with Gasteiger partial charge >= 0.3 is 5.97 Å². The quantitative estimate of drug-likeness (QED) is 0.719. The van der Waals surface area contributed by atoms with Crippen LogP contribution in [0.4, 0.5) is 0 Å². The van der Waals surface area contributed by atoms with Gasteiger partial charge in [0.05, 0.1) is 13.5 Å². The van der Waals surface area contributed by atoms with Crippen LogP contribution in [0.5, 0.6) is 11.5 Å². The van der Waals surface area contributed by atoms with Crippen LogP contribution in [0.2, 0.25) is 0 Å². The number of aldehydes is 1. The highest BCUT2D eigenvalue weighted by Crippen LogP contribution is 2.28. The topological polar surface area (TPSA) is 83.8 Å². The third kappa shape index (κ3) is 2.46. The third-order valence-corrected chi connectivity index (χ3v) is 1.91. The molecule has 1 aromatic rings. The highest BCUT2D eigenvalue weighted by molar-refractivity contribution is 5.82. The number of hydrogen-bond acceptors (Lipinski definition) is 4. The summed E-state index contributed by atoms with van der Waals surface area (Å²) in [5, 5.41) is 18.0. The number of carbonyl (C=O) groups excluding carboxylic acids is 1. The van der Waals surface area contributed by atoms with Crippen molar-refractivity contribution in [3.63, 3.8) is 0 Å². The van der Waals surface area contributed by atoms with Gasteiger partial charge in [-0.25, -0.2) is 0 Å². The second-order valence-electron chi connectivity index (χ2n) is 2.91. The molecule has 15 heavy (non-hydrogen) atoms. The number of aliphatic carboxylic acids is 1. The summed E-state index contributed by atoms with van der Waals surface area (Å²) in [5.74, 6) is -1.10. The molecule has 5 heteroatoms. The first-order valence-corrected chi connectivity index (χ1v) is 4.15. The molecular formula is C10H10O5. The van der Waals surface area contributed by atoms with Gasteiger partial charge in [-0.1, -0.05) is 0 Å². The van der Waals surface area contributed by atoms with Gasteiger partial charge in [0.1, 0.15) is 6.29 Å². The molecule has 0 amide bonds. The number of carboxylic acids is 1. The summed E-state index contributed by atoms with van der Waals surface area (Å²) < 4.78 is 4.79. The second-order valence-corrected chi connectivity index (χ2v) is 2.91. The van der Waals surface area contributed by atoms with E-state index in [1.807, 2.05) is 0 Å². The van der Waals surface area contributed by atoms with E-state index in [4.69, 9.17) is 9.84 Å². The van der Waals surface area contributed by atoms with Gasteiger partial charge in [-0.05, 0) is 17.7 Å². The molecule has 0 radical (unpaired) electrons. The molecule has 0 bridgehead atoms. The first-order valence-electron chi connectivity index (χ1n) is 4.15. The van der Waals surface area contributed by atoms with Crippen LogP contribution in [0.3, 0.4) is 0 Å². The van der Waals surface area contributed by atoms with E-state index < -0.39 is 5.97 Å². The number of carbonyl (C=O) groups is 2. The average molecular weight is 210 g/mol. The van der Waals surface area contributed by atoms with Gasteiger partial charge in [0, 0.05) is 5.56 Å². The molecule has 0 heterocycles. The average Bonchev–Trinajstić information content (AvgIpc) is 2.17. The Hall–Kier alpha value is -2.04. The number of methoxy groups -OCH3 is 1. The first-order chi connectivity index (χ1) is 7.08. The van der Waals surface area contributed by atoms with E-state index in [-0.39, 0.29) is 29.0 Å². The largest absolute Gasteiger partial charge is 0.504 e. The summed E-state index contributed by atoms with van der Waals surface area (Å²) in [6.07, 6.45) is 0.214. The molecule has 80 valence electrons. The van der Waals surface area contributed by atoms with E-state index in [1.165, 1.54) is 19.2 Å². The molecule has 0 fully saturated rings. The van der Waals surface area contributed by atoms with Crippen molar-refractivity contribution in [3.05, 3.63) is 23.3 Å². The molecular weight excluding hydrogens is 200 g/mol. The molecule has 0 aliphatic carbocycles. The minimum atomic E-state index is -1.07. The Kier molecular flexibility index (Phi) is 3.28. The zero-order valence-corrected chi connectivity index (χ0v) is 8.06. The Morgan fingerprint density at radius 2 is 2.20 bits per heavy atom. The van der Waals surface area contributed by atoms with Crippen LogP contribution in [0.15, 0.2) is 12.1 Å². The van der Waals surface area contributed by atoms with Gasteiger partial charge in [0.2, 0.25) is 0 Å². The minimum absolute atomic E-state index is 0.145. The lowest BCUT2D eigenvalue weighted by Crippen LogP contribution is -2.03. The lowest BCUT2D eigenvalue weighted by molar-refractivity contribution is -0.136. The molecule has 0 unspecified atom stereocenters. The highest BCUT2D eigenvalue weighted by atomic mass is 16.5. The Bertz CT molecular complexity index is 397. The number of rotatable bonds is 4. The van der Waals surface area contributed by atoms with E-state index in [2.05, 4.69) is 0 Å². The number of hydrogen-bond donors (Lipinski definition) is 2. The van der Waals surface area contributed by atoms with Crippen molar-refractivity contribution in [2.24, 2.45) is 0 Å². The summed E-state index contributed by atoms with van der Waals surface area (Å²) in [5.41, 5.74) is 0.461. The Morgan fingerprint density at radius 1 is 1.53 bits per heavy atom. The van der Waals surface area contributed by atoms with E-state index in [0.717, 1.165) is 0 Å². The molecule has 0 saturated heterocycles.